The van der Waals surface area contributed by atoms with Crippen LogP contribution in [-0.2, 0) is 16.0 Å². The highest BCUT2D eigenvalue weighted by atomic mass is 16.6. The van der Waals surface area contributed by atoms with E-state index in [4.69, 9.17) is 4.74 Å². The van der Waals surface area contributed by atoms with Gasteiger partial charge in [-0.3, -0.25) is 4.79 Å². The highest BCUT2D eigenvalue weighted by Crippen LogP contribution is 2.36. The van der Waals surface area contributed by atoms with E-state index < -0.39 is 17.3 Å². The second kappa shape index (κ2) is 12.5. The minimum Gasteiger partial charge on any atom is -0.456 e. The molecule has 0 radical (unpaired) electrons. The van der Waals surface area contributed by atoms with Crippen molar-refractivity contribution in [2.24, 2.45) is 0 Å². The molecular formula is C26H42O4. The Balaban J connectivity index is 1.42. The normalized spacial score (nSPS) is 23.3. The Labute approximate surface area is 183 Å². The third-order valence-corrected chi connectivity index (χ3v) is 6.42. The van der Waals surface area contributed by atoms with Crippen molar-refractivity contribution in [1.29, 1.82) is 0 Å². The summed E-state index contributed by atoms with van der Waals surface area (Å²) in [5, 5.41) is 20.7. The topological polar surface area (TPSA) is 66.8 Å². The third-order valence-electron chi connectivity index (χ3n) is 6.42. The number of rotatable bonds is 15. The third kappa shape index (κ3) is 9.18. The van der Waals surface area contributed by atoms with Gasteiger partial charge in [-0.25, -0.2) is 0 Å². The van der Waals surface area contributed by atoms with Crippen molar-refractivity contribution >= 4 is 5.97 Å². The number of carbonyl (C=O) groups excluding carboxylic acids is 1. The molecule has 0 bridgehead atoms. The van der Waals surface area contributed by atoms with Gasteiger partial charge in [0.15, 0.2) is 0 Å². The Morgan fingerprint density at radius 1 is 0.967 bits per heavy atom. The zero-order valence-electron chi connectivity index (χ0n) is 19.1. The van der Waals surface area contributed by atoms with Crippen LogP contribution >= 0.6 is 0 Å². The fourth-order valence-corrected chi connectivity index (χ4v) is 4.64. The number of hydrogen-bond donors (Lipinski definition) is 2. The molecule has 2 rings (SSSR count). The van der Waals surface area contributed by atoms with E-state index in [1.807, 2.05) is 0 Å². The van der Waals surface area contributed by atoms with Crippen LogP contribution in [0.25, 0.3) is 0 Å². The smallest absolute Gasteiger partial charge is 0.309 e. The van der Waals surface area contributed by atoms with Gasteiger partial charge in [0.2, 0.25) is 0 Å². The fourth-order valence-electron chi connectivity index (χ4n) is 4.64. The van der Waals surface area contributed by atoms with Crippen LogP contribution in [-0.4, -0.2) is 33.5 Å². The summed E-state index contributed by atoms with van der Waals surface area (Å²) in [6.07, 6.45) is 13.8. The lowest BCUT2D eigenvalue weighted by Crippen LogP contribution is -2.44. The van der Waals surface area contributed by atoms with E-state index in [-0.39, 0.29) is 18.8 Å². The van der Waals surface area contributed by atoms with Gasteiger partial charge >= 0.3 is 5.97 Å². The van der Waals surface area contributed by atoms with Crippen LogP contribution in [0.3, 0.4) is 0 Å². The van der Waals surface area contributed by atoms with Gasteiger partial charge in [-0.05, 0) is 38.7 Å². The second-order valence-corrected chi connectivity index (χ2v) is 9.70. The molecule has 0 aromatic heterocycles. The van der Waals surface area contributed by atoms with Crippen LogP contribution in [0, 0.1) is 0 Å². The Hall–Kier alpha value is -1.39. The molecule has 30 heavy (non-hydrogen) atoms. The molecule has 0 amide bonds. The predicted molar refractivity (Wildman–Crippen MR) is 121 cm³/mol. The monoisotopic (exact) mass is 418 g/mol. The molecule has 2 N–H and O–H groups in total. The number of ether oxygens (including phenoxy) is 1. The molecule has 1 heterocycles. The Bertz CT molecular complexity index is 613. The van der Waals surface area contributed by atoms with Gasteiger partial charge in [0.1, 0.15) is 11.7 Å². The van der Waals surface area contributed by atoms with Crippen molar-refractivity contribution in [3.63, 3.8) is 0 Å². The standard InChI is InChI=1S/C26H42O4/c1-25(29,21-26(2)23(27)20-24(28)30-26)19-15-10-8-6-4-3-5-7-9-12-16-22-17-13-11-14-18-22/h11,13-14,17-18,23,27,29H,3-10,12,15-16,19-21H2,1-2H3/t23-,25-,26-/m0/s1. The van der Waals surface area contributed by atoms with Crippen molar-refractivity contribution in [3.05, 3.63) is 35.9 Å². The molecule has 3 atom stereocenters. The first kappa shape index (κ1) is 24.9. The van der Waals surface area contributed by atoms with Crippen molar-refractivity contribution < 1.29 is 19.7 Å². The number of hydrogen-bond acceptors (Lipinski definition) is 4. The number of cyclic esters (lactones) is 1. The minimum absolute atomic E-state index is 0.0274. The number of benzene rings is 1. The summed E-state index contributed by atoms with van der Waals surface area (Å²) in [6, 6.07) is 10.7. The van der Waals surface area contributed by atoms with Gasteiger partial charge in [-0.2, -0.15) is 0 Å². The van der Waals surface area contributed by atoms with Crippen LogP contribution in [0.1, 0.15) is 103 Å². The average Bonchev–Trinajstić information content (AvgIpc) is 2.93. The molecule has 1 fully saturated rings. The number of esters is 1. The number of aliphatic hydroxyl groups is 2. The Kier molecular flexibility index (Phi) is 10.3. The van der Waals surface area contributed by atoms with Crippen LogP contribution in [0.2, 0.25) is 0 Å². The number of unbranched alkanes of at least 4 members (excludes halogenated alkanes) is 9. The van der Waals surface area contributed by atoms with Gasteiger partial charge < -0.3 is 14.9 Å². The van der Waals surface area contributed by atoms with E-state index in [0.29, 0.717) is 6.42 Å². The first-order chi connectivity index (χ1) is 14.3. The average molecular weight is 419 g/mol. The molecule has 1 aliphatic rings. The molecule has 0 saturated carbocycles. The van der Waals surface area contributed by atoms with Crippen molar-refractivity contribution in [3.8, 4) is 0 Å². The van der Waals surface area contributed by atoms with Crippen LogP contribution in [0.15, 0.2) is 30.3 Å². The van der Waals surface area contributed by atoms with Gasteiger partial charge in [-0.1, -0.05) is 88.1 Å². The number of carbonyl (C=O) groups is 1. The van der Waals surface area contributed by atoms with E-state index in [0.717, 1.165) is 12.8 Å². The fraction of sp³-hybridized carbons (Fsp3) is 0.731. The summed E-state index contributed by atoms with van der Waals surface area (Å²) < 4.78 is 5.28. The Morgan fingerprint density at radius 2 is 1.50 bits per heavy atom. The van der Waals surface area contributed by atoms with E-state index in [9.17, 15) is 15.0 Å². The Morgan fingerprint density at radius 3 is 2.03 bits per heavy atom. The van der Waals surface area contributed by atoms with E-state index in [1.54, 1.807) is 13.8 Å². The maximum Gasteiger partial charge on any atom is 0.309 e. The summed E-state index contributed by atoms with van der Waals surface area (Å²) in [5.74, 6) is -0.378. The quantitative estimate of drug-likeness (QED) is 0.282. The molecule has 0 spiro atoms. The minimum atomic E-state index is -0.957. The molecule has 0 unspecified atom stereocenters. The molecule has 170 valence electrons. The molecule has 0 aliphatic carbocycles. The summed E-state index contributed by atoms with van der Waals surface area (Å²) in [4.78, 5) is 11.4. The van der Waals surface area contributed by atoms with E-state index >= 15 is 0 Å². The maximum atomic E-state index is 11.4. The van der Waals surface area contributed by atoms with Crippen LogP contribution in [0.5, 0.6) is 0 Å². The largest absolute Gasteiger partial charge is 0.456 e. The lowest BCUT2D eigenvalue weighted by Gasteiger charge is -2.34. The zero-order valence-corrected chi connectivity index (χ0v) is 19.1. The van der Waals surface area contributed by atoms with Gasteiger partial charge in [-0.15, -0.1) is 0 Å². The molecule has 1 aromatic rings. The summed E-state index contributed by atoms with van der Waals surface area (Å²) in [5.41, 5.74) is -0.423. The summed E-state index contributed by atoms with van der Waals surface area (Å²) in [6.45, 7) is 3.51. The predicted octanol–water partition coefficient (Wildman–Crippen LogP) is 5.73. The highest BCUT2D eigenvalue weighted by Gasteiger charge is 2.48. The molecule has 1 aromatic carbocycles. The van der Waals surface area contributed by atoms with E-state index in [2.05, 4.69) is 30.3 Å². The first-order valence-corrected chi connectivity index (χ1v) is 12.0. The van der Waals surface area contributed by atoms with E-state index in [1.165, 1.54) is 63.4 Å². The van der Waals surface area contributed by atoms with Gasteiger partial charge in [0.05, 0.1) is 12.0 Å². The lowest BCUT2D eigenvalue weighted by atomic mass is 9.83. The van der Waals surface area contributed by atoms with Crippen molar-refractivity contribution in [2.45, 2.75) is 121 Å². The van der Waals surface area contributed by atoms with Crippen molar-refractivity contribution in [2.75, 3.05) is 0 Å². The van der Waals surface area contributed by atoms with Crippen LogP contribution in [0.4, 0.5) is 0 Å². The number of aryl methyl sites for hydroxylation is 1. The SMILES string of the molecule is C[C@](O)(CCCCCCCCCCCCc1ccccc1)C[C@]1(C)OC(=O)C[C@@H]1O. The molecule has 1 aliphatic heterocycles. The molecule has 1 saturated heterocycles. The number of aliphatic hydroxyl groups excluding tert-OH is 1. The van der Waals surface area contributed by atoms with Crippen molar-refractivity contribution in [1.82, 2.24) is 0 Å². The zero-order chi connectivity index (χ0) is 21.9. The first-order valence-electron chi connectivity index (χ1n) is 12.0. The second-order valence-electron chi connectivity index (χ2n) is 9.70. The lowest BCUT2D eigenvalue weighted by molar-refractivity contribution is -0.155. The van der Waals surface area contributed by atoms with Gasteiger partial charge in [0, 0.05) is 6.42 Å². The maximum absolute atomic E-state index is 11.4. The van der Waals surface area contributed by atoms with Crippen LogP contribution < -0.4 is 0 Å². The van der Waals surface area contributed by atoms with Gasteiger partial charge in [0.25, 0.3) is 0 Å². The molecular weight excluding hydrogens is 376 g/mol. The molecule has 4 nitrogen and oxygen atoms in total. The summed E-state index contributed by atoms with van der Waals surface area (Å²) >= 11 is 0. The highest BCUT2D eigenvalue weighted by molar-refractivity contribution is 5.73. The molecule has 4 heteroatoms. The summed E-state index contributed by atoms with van der Waals surface area (Å²) in [7, 11) is 0.